The zero-order valence-corrected chi connectivity index (χ0v) is 12.2. The van der Waals surface area contributed by atoms with Gasteiger partial charge in [0.25, 0.3) is 0 Å². The van der Waals surface area contributed by atoms with Crippen LogP contribution in [0, 0.1) is 11.3 Å². The first-order chi connectivity index (χ1) is 8.47. The summed E-state index contributed by atoms with van der Waals surface area (Å²) in [6.07, 6.45) is 3.50. The van der Waals surface area contributed by atoms with Gasteiger partial charge in [0.15, 0.2) is 0 Å². The molecule has 1 aromatic carbocycles. The van der Waals surface area contributed by atoms with Gasteiger partial charge in [0, 0.05) is 6.04 Å². The van der Waals surface area contributed by atoms with Crippen LogP contribution in [0.5, 0.6) is 0 Å². The van der Waals surface area contributed by atoms with Crippen molar-refractivity contribution in [1.82, 2.24) is 0 Å². The molecule has 0 saturated heterocycles. The Bertz CT molecular complexity index is 393. The predicted molar refractivity (Wildman–Crippen MR) is 78.7 cm³/mol. The number of benzene rings is 1. The van der Waals surface area contributed by atoms with E-state index < -0.39 is 0 Å². The SMILES string of the molecule is CCC1(C)C(N)CC1c1ccc(CC(C)C)cc1. The van der Waals surface area contributed by atoms with E-state index in [1.165, 1.54) is 24.0 Å². The van der Waals surface area contributed by atoms with E-state index in [-0.39, 0.29) is 0 Å². The molecule has 0 spiro atoms. The first kappa shape index (κ1) is 13.6. The summed E-state index contributed by atoms with van der Waals surface area (Å²) < 4.78 is 0. The van der Waals surface area contributed by atoms with E-state index in [1.807, 2.05) is 0 Å². The molecule has 1 aliphatic rings. The smallest absolute Gasteiger partial charge is 0.0105 e. The zero-order valence-electron chi connectivity index (χ0n) is 12.2. The highest BCUT2D eigenvalue weighted by atomic mass is 14.8. The summed E-state index contributed by atoms with van der Waals surface area (Å²) >= 11 is 0. The Morgan fingerprint density at radius 2 is 1.89 bits per heavy atom. The molecule has 3 atom stereocenters. The molecule has 18 heavy (non-hydrogen) atoms. The molecule has 1 heteroatoms. The van der Waals surface area contributed by atoms with Gasteiger partial charge in [-0.2, -0.15) is 0 Å². The maximum atomic E-state index is 6.19. The van der Waals surface area contributed by atoms with Crippen LogP contribution >= 0.6 is 0 Å². The first-order valence-electron chi connectivity index (χ1n) is 7.31. The molecule has 0 radical (unpaired) electrons. The Balaban J connectivity index is 2.11. The van der Waals surface area contributed by atoms with Gasteiger partial charge in [0.2, 0.25) is 0 Å². The number of rotatable bonds is 4. The van der Waals surface area contributed by atoms with Gasteiger partial charge in [-0.05, 0) is 47.6 Å². The average Bonchev–Trinajstić information content (AvgIpc) is 2.35. The van der Waals surface area contributed by atoms with E-state index in [0.717, 1.165) is 12.3 Å². The van der Waals surface area contributed by atoms with Crippen molar-refractivity contribution < 1.29 is 0 Å². The molecule has 0 aromatic heterocycles. The predicted octanol–water partition coefficient (Wildman–Crippen LogP) is 4.12. The van der Waals surface area contributed by atoms with Crippen LogP contribution in [0.4, 0.5) is 0 Å². The van der Waals surface area contributed by atoms with Gasteiger partial charge >= 0.3 is 0 Å². The van der Waals surface area contributed by atoms with Crippen LogP contribution in [0.1, 0.15) is 57.6 Å². The van der Waals surface area contributed by atoms with Crippen LogP contribution in [-0.2, 0) is 6.42 Å². The quantitative estimate of drug-likeness (QED) is 0.848. The van der Waals surface area contributed by atoms with Crippen LogP contribution < -0.4 is 5.73 Å². The highest BCUT2D eigenvalue weighted by Crippen LogP contribution is 2.53. The summed E-state index contributed by atoms with van der Waals surface area (Å²) in [5.74, 6) is 1.39. The number of hydrogen-bond acceptors (Lipinski definition) is 1. The molecule has 0 bridgehead atoms. The topological polar surface area (TPSA) is 26.0 Å². The Morgan fingerprint density at radius 3 is 2.33 bits per heavy atom. The molecule has 1 nitrogen and oxygen atoms in total. The fourth-order valence-electron chi connectivity index (χ4n) is 3.27. The zero-order chi connectivity index (χ0) is 13.3. The Morgan fingerprint density at radius 1 is 1.28 bits per heavy atom. The van der Waals surface area contributed by atoms with Crippen LogP contribution in [0.2, 0.25) is 0 Å². The Kier molecular flexibility index (Phi) is 3.82. The lowest BCUT2D eigenvalue weighted by molar-refractivity contribution is 0.0706. The lowest BCUT2D eigenvalue weighted by Gasteiger charge is -2.53. The number of nitrogens with two attached hydrogens (primary N) is 1. The van der Waals surface area contributed by atoms with E-state index in [9.17, 15) is 0 Å². The molecule has 3 unspecified atom stereocenters. The molecular formula is C17H27N. The van der Waals surface area contributed by atoms with E-state index in [2.05, 4.69) is 52.0 Å². The fourth-order valence-corrected chi connectivity index (χ4v) is 3.27. The fraction of sp³-hybridized carbons (Fsp3) is 0.647. The van der Waals surface area contributed by atoms with Crippen molar-refractivity contribution in [3.8, 4) is 0 Å². The van der Waals surface area contributed by atoms with Crippen molar-refractivity contribution in [2.24, 2.45) is 17.1 Å². The van der Waals surface area contributed by atoms with Crippen molar-refractivity contribution in [1.29, 1.82) is 0 Å². The maximum absolute atomic E-state index is 6.19. The third kappa shape index (κ3) is 2.33. The van der Waals surface area contributed by atoms with E-state index in [1.54, 1.807) is 0 Å². The van der Waals surface area contributed by atoms with Gasteiger partial charge in [0.1, 0.15) is 0 Å². The monoisotopic (exact) mass is 245 g/mol. The van der Waals surface area contributed by atoms with Crippen LogP contribution in [0.15, 0.2) is 24.3 Å². The summed E-state index contributed by atoms with van der Waals surface area (Å²) in [6, 6.07) is 9.62. The van der Waals surface area contributed by atoms with E-state index in [4.69, 9.17) is 5.73 Å². The summed E-state index contributed by atoms with van der Waals surface area (Å²) in [7, 11) is 0. The molecule has 1 aliphatic carbocycles. The highest BCUT2D eigenvalue weighted by Gasteiger charge is 2.48. The van der Waals surface area contributed by atoms with Gasteiger partial charge in [-0.3, -0.25) is 0 Å². The van der Waals surface area contributed by atoms with Gasteiger partial charge in [-0.15, -0.1) is 0 Å². The Hall–Kier alpha value is -0.820. The lowest BCUT2D eigenvalue weighted by atomic mass is 9.54. The third-order valence-electron chi connectivity index (χ3n) is 4.92. The van der Waals surface area contributed by atoms with Crippen molar-refractivity contribution in [2.45, 2.75) is 58.9 Å². The van der Waals surface area contributed by atoms with Crippen molar-refractivity contribution in [3.05, 3.63) is 35.4 Å². The Labute approximate surface area is 112 Å². The highest BCUT2D eigenvalue weighted by molar-refractivity contribution is 5.31. The molecule has 2 rings (SSSR count). The van der Waals surface area contributed by atoms with E-state index >= 15 is 0 Å². The molecule has 1 aromatic rings. The van der Waals surface area contributed by atoms with Crippen LogP contribution in [0.3, 0.4) is 0 Å². The first-order valence-corrected chi connectivity index (χ1v) is 7.31. The lowest BCUT2D eigenvalue weighted by Crippen LogP contribution is -2.54. The minimum absolute atomic E-state index is 0.305. The van der Waals surface area contributed by atoms with Gasteiger partial charge in [-0.25, -0.2) is 0 Å². The van der Waals surface area contributed by atoms with Crippen molar-refractivity contribution >= 4 is 0 Å². The summed E-state index contributed by atoms with van der Waals surface area (Å²) in [5, 5.41) is 0. The molecule has 2 N–H and O–H groups in total. The molecule has 0 heterocycles. The second-order valence-electron chi connectivity index (χ2n) is 6.59. The third-order valence-corrected chi connectivity index (χ3v) is 4.92. The average molecular weight is 245 g/mol. The minimum Gasteiger partial charge on any atom is -0.327 e. The van der Waals surface area contributed by atoms with Crippen molar-refractivity contribution in [2.75, 3.05) is 0 Å². The summed E-state index contributed by atoms with van der Waals surface area (Å²) in [5.41, 5.74) is 9.43. The molecule has 100 valence electrons. The van der Waals surface area contributed by atoms with Gasteiger partial charge in [0.05, 0.1) is 0 Å². The molecule has 0 amide bonds. The summed E-state index contributed by atoms with van der Waals surface area (Å²) in [4.78, 5) is 0. The van der Waals surface area contributed by atoms with Crippen LogP contribution in [-0.4, -0.2) is 6.04 Å². The number of hydrogen-bond donors (Lipinski definition) is 1. The molecule has 1 fully saturated rings. The van der Waals surface area contributed by atoms with Crippen molar-refractivity contribution in [3.63, 3.8) is 0 Å². The second-order valence-corrected chi connectivity index (χ2v) is 6.59. The maximum Gasteiger partial charge on any atom is 0.0105 e. The van der Waals surface area contributed by atoms with Gasteiger partial charge in [-0.1, -0.05) is 52.0 Å². The second kappa shape index (κ2) is 5.05. The normalized spacial score (nSPS) is 31.4. The standard InChI is InChI=1S/C17H27N/c1-5-17(4)15(11-16(17)18)14-8-6-13(7-9-14)10-12(2)3/h6-9,12,15-16H,5,10-11,18H2,1-4H3. The summed E-state index contributed by atoms with van der Waals surface area (Å²) in [6.45, 7) is 9.15. The van der Waals surface area contributed by atoms with E-state index in [0.29, 0.717) is 17.4 Å². The molecular weight excluding hydrogens is 218 g/mol. The molecule has 0 aliphatic heterocycles. The van der Waals surface area contributed by atoms with Gasteiger partial charge < -0.3 is 5.73 Å². The largest absolute Gasteiger partial charge is 0.327 e. The molecule has 1 saturated carbocycles. The van der Waals surface area contributed by atoms with Crippen LogP contribution in [0.25, 0.3) is 0 Å². The minimum atomic E-state index is 0.305.